The Kier molecular flexibility index (Phi) is 5.09. The molecule has 1 amide bonds. The minimum absolute atomic E-state index is 0.0376. The molecule has 1 fully saturated rings. The van der Waals surface area contributed by atoms with Crippen LogP contribution < -0.4 is 11.1 Å². The van der Waals surface area contributed by atoms with Gasteiger partial charge in [0.15, 0.2) is 0 Å². The number of nitrogens with two attached hydrogens (primary N) is 1. The van der Waals surface area contributed by atoms with E-state index in [-0.39, 0.29) is 17.9 Å². The lowest BCUT2D eigenvalue weighted by atomic mass is 9.76. The summed E-state index contributed by atoms with van der Waals surface area (Å²) in [6.07, 6.45) is 5.48. The molecule has 0 heterocycles. The second kappa shape index (κ2) is 6.11. The van der Waals surface area contributed by atoms with Gasteiger partial charge in [-0.05, 0) is 25.2 Å². The van der Waals surface area contributed by atoms with Crippen molar-refractivity contribution in [1.82, 2.24) is 5.32 Å². The molecule has 0 radical (unpaired) electrons. The zero-order valence-corrected chi connectivity index (χ0v) is 9.96. The fraction of sp³-hybridized carbons (Fsp3) is 0.917. The van der Waals surface area contributed by atoms with Crippen LogP contribution in [0.3, 0.4) is 0 Å². The second-order valence-electron chi connectivity index (χ2n) is 4.74. The Balaban J connectivity index is 2.41. The maximum Gasteiger partial charge on any atom is 0.224 e. The average Bonchev–Trinajstić information content (AvgIpc) is 2.18. The number of rotatable bonds is 4. The van der Waals surface area contributed by atoms with Crippen molar-refractivity contribution < 1.29 is 4.79 Å². The van der Waals surface area contributed by atoms with Crippen molar-refractivity contribution >= 4 is 5.91 Å². The Morgan fingerprint density at radius 1 is 1.47 bits per heavy atom. The van der Waals surface area contributed by atoms with Gasteiger partial charge in [-0.15, -0.1) is 0 Å². The Hall–Kier alpha value is -0.570. The summed E-state index contributed by atoms with van der Waals surface area (Å²) in [6.45, 7) is 5.06. The third-order valence-corrected chi connectivity index (χ3v) is 3.40. The molecule has 3 unspecified atom stereocenters. The summed E-state index contributed by atoms with van der Waals surface area (Å²) in [5.74, 6) is 0.647. The van der Waals surface area contributed by atoms with Crippen molar-refractivity contribution in [3.63, 3.8) is 0 Å². The maximum absolute atomic E-state index is 11.9. The van der Waals surface area contributed by atoms with Gasteiger partial charge in [-0.25, -0.2) is 0 Å². The summed E-state index contributed by atoms with van der Waals surface area (Å²) < 4.78 is 0. The summed E-state index contributed by atoms with van der Waals surface area (Å²) in [7, 11) is 0. The van der Waals surface area contributed by atoms with E-state index in [1.54, 1.807) is 0 Å². The second-order valence-corrected chi connectivity index (χ2v) is 4.74. The molecule has 0 aromatic rings. The first-order chi connectivity index (χ1) is 7.16. The fourth-order valence-corrected chi connectivity index (χ4v) is 2.42. The standard InChI is InChI=1S/C12H24N2O/c1-3-4-8-14-12(15)11-9(2)6-5-7-10(11)13/h9-11H,3-8,13H2,1-2H3,(H,14,15). The van der Waals surface area contributed by atoms with E-state index in [0.29, 0.717) is 5.92 Å². The first-order valence-electron chi connectivity index (χ1n) is 6.20. The van der Waals surface area contributed by atoms with E-state index >= 15 is 0 Å². The van der Waals surface area contributed by atoms with Crippen LogP contribution in [0.4, 0.5) is 0 Å². The van der Waals surface area contributed by atoms with Gasteiger partial charge in [-0.1, -0.05) is 26.7 Å². The molecule has 1 saturated carbocycles. The Labute approximate surface area is 92.8 Å². The highest BCUT2D eigenvalue weighted by Gasteiger charge is 2.33. The number of hydrogen-bond donors (Lipinski definition) is 2. The van der Waals surface area contributed by atoms with Crippen LogP contribution in [0.5, 0.6) is 0 Å². The van der Waals surface area contributed by atoms with Gasteiger partial charge in [0.2, 0.25) is 5.91 Å². The molecule has 3 N–H and O–H groups in total. The zero-order chi connectivity index (χ0) is 11.3. The van der Waals surface area contributed by atoms with Crippen LogP contribution in [-0.2, 0) is 4.79 Å². The van der Waals surface area contributed by atoms with Gasteiger partial charge in [0.25, 0.3) is 0 Å². The molecule has 1 aliphatic rings. The van der Waals surface area contributed by atoms with Gasteiger partial charge < -0.3 is 11.1 Å². The molecular weight excluding hydrogens is 188 g/mol. The van der Waals surface area contributed by atoms with E-state index in [1.165, 1.54) is 6.42 Å². The van der Waals surface area contributed by atoms with Crippen molar-refractivity contribution in [2.24, 2.45) is 17.6 Å². The molecule has 0 aromatic carbocycles. The summed E-state index contributed by atoms with van der Waals surface area (Å²) in [6, 6.07) is 0.0652. The summed E-state index contributed by atoms with van der Waals surface area (Å²) in [4.78, 5) is 11.9. The topological polar surface area (TPSA) is 55.1 Å². The van der Waals surface area contributed by atoms with E-state index in [9.17, 15) is 4.79 Å². The molecule has 3 heteroatoms. The number of amides is 1. The summed E-state index contributed by atoms with van der Waals surface area (Å²) >= 11 is 0. The predicted molar refractivity (Wildman–Crippen MR) is 62.4 cm³/mol. The number of hydrogen-bond acceptors (Lipinski definition) is 2. The quantitative estimate of drug-likeness (QED) is 0.696. The molecule has 0 aromatic heterocycles. The van der Waals surface area contributed by atoms with Gasteiger partial charge in [0, 0.05) is 12.6 Å². The normalized spacial score (nSPS) is 31.3. The minimum Gasteiger partial charge on any atom is -0.356 e. The largest absolute Gasteiger partial charge is 0.356 e. The van der Waals surface area contributed by atoms with Gasteiger partial charge in [0.05, 0.1) is 5.92 Å². The lowest BCUT2D eigenvalue weighted by molar-refractivity contribution is -0.128. The van der Waals surface area contributed by atoms with Crippen LogP contribution in [-0.4, -0.2) is 18.5 Å². The van der Waals surface area contributed by atoms with Crippen molar-refractivity contribution in [3.8, 4) is 0 Å². The van der Waals surface area contributed by atoms with Crippen molar-refractivity contribution in [2.45, 2.75) is 52.0 Å². The highest BCUT2D eigenvalue weighted by atomic mass is 16.1. The number of nitrogens with one attached hydrogen (secondary N) is 1. The van der Waals surface area contributed by atoms with Crippen LogP contribution in [0.1, 0.15) is 46.0 Å². The molecule has 88 valence electrons. The van der Waals surface area contributed by atoms with Crippen molar-refractivity contribution in [2.75, 3.05) is 6.54 Å². The predicted octanol–water partition coefficient (Wildman–Crippen LogP) is 1.67. The molecule has 0 bridgehead atoms. The molecular formula is C12H24N2O. The number of unbranched alkanes of at least 4 members (excludes halogenated alkanes) is 1. The van der Waals surface area contributed by atoms with Crippen LogP contribution >= 0.6 is 0 Å². The maximum atomic E-state index is 11.9. The van der Waals surface area contributed by atoms with Gasteiger partial charge in [-0.2, -0.15) is 0 Å². The highest BCUT2D eigenvalue weighted by Crippen LogP contribution is 2.28. The molecule has 1 aliphatic carbocycles. The fourth-order valence-electron chi connectivity index (χ4n) is 2.42. The summed E-state index contributed by atoms with van der Waals surface area (Å²) in [5, 5.41) is 3.00. The molecule has 3 nitrogen and oxygen atoms in total. The lowest BCUT2D eigenvalue weighted by Crippen LogP contribution is -2.47. The molecule has 0 spiro atoms. The van der Waals surface area contributed by atoms with Crippen LogP contribution in [0.25, 0.3) is 0 Å². The first kappa shape index (κ1) is 12.5. The Bertz CT molecular complexity index is 196. The van der Waals surface area contributed by atoms with Gasteiger partial charge in [0.1, 0.15) is 0 Å². The van der Waals surface area contributed by atoms with Crippen molar-refractivity contribution in [1.29, 1.82) is 0 Å². The third kappa shape index (κ3) is 3.49. The van der Waals surface area contributed by atoms with Crippen LogP contribution in [0, 0.1) is 11.8 Å². The summed E-state index contributed by atoms with van der Waals surface area (Å²) in [5.41, 5.74) is 6.01. The van der Waals surface area contributed by atoms with Gasteiger partial charge >= 0.3 is 0 Å². The average molecular weight is 212 g/mol. The van der Waals surface area contributed by atoms with E-state index in [1.807, 2.05) is 0 Å². The molecule has 1 rings (SSSR count). The molecule has 0 aliphatic heterocycles. The van der Waals surface area contributed by atoms with E-state index in [4.69, 9.17) is 5.73 Å². The molecule has 3 atom stereocenters. The van der Waals surface area contributed by atoms with Crippen molar-refractivity contribution in [3.05, 3.63) is 0 Å². The number of carbonyl (C=O) groups excluding carboxylic acids is 1. The van der Waals surface area contributed by atoms with Crippen LogP contribution in [0.15, 0.2) is 0 Å². The monoisotopic (exact) mass is 212 g/mol. The van der Waals surface area contributed by atoms with Gasteiger partial charge in [-0.3, -0.25) is 4.79 Å². The Morgan fingerprint density at radius 3 is 2.80 bits per heavy atom. The third-order valence-electron chi connectivity index (χ3n) is 3.40. The molecule has 15 heavy (non-hydrogen) atoms. The van der Waals surface area contributed by atoms with Crippen LogP contribution in [0.2, 0.25) is 0 Å². The number of carbonyl (C=O) groups is 1. The smallest absolute Gasteiger partial charge is 0.224 e. The highest BCUT2D eigenvalue weighted by molar-refractivity contribution is 5.79. The minimum atomic E-state index is 0.0376. The SMILES string of the molecule is CCCCNC(=O)C1C(C)CCCC1N. The van der Waals surface area contributed by atoms with E-state index in [2.05, 4.69) is 19.2 Å². The Morgan fingerprint density at radius 2 is 2.20 bits per heavy atom. The zero-order valence-electron chi connectivity index (χ0n) is 9.96. The first-order valence-corrected chi connectivity index (χ1v) is 6.20. The lowest BCUT2D eigenvalue weighted by Gasteiger charge is -2.33. The molecule has 0 saturated heterocycles. The van der Waals surface area contributed by atoms with E-state index < -0.39 is 0 Å². The van der Waals surface area contributed by atoms with E-state index in [0.717, 1.165) is 32.2 Å².